The van der Waals surface area contributed by atoms with Crippen LogP contribution >= 0.6 is 0 Å². The monoisotopic (exact) mass is 157 g/mol. The number of carbonyl (C=O) groups is 1. The van der Waals surface area contributed by atoms with Gasteiger partial charge in [0.05, 0.1) is 6.04 Å². The van der Waals surface area contributed by atoms with Crippen molar-refractivity contribution in [3.63, 3.8) is 0 Å². The molecule has 2 N–H and O–H groups in total. The minimum atomic E-state index is -0.619. The van der Waals surface area contributed by atoms with Crippen molar-refractivity contribution in [3.8, 4) is 0 Å². The average molecular weight is 157 g/mol. The Kier molecular flexibility index (Phi) is 4.37. The van der Waals surface area contributed by atoms with Crippen LogP contribution in [0, 0.1) is 5.92 Å². The van der Waals surface area contributed by atoms with Gasteiger partial charge in [-0.1, -0.05) is 13.8 Å². The predicted molar refractivity (Wildman–Crippen MR) is 46.3 cm³/mol. The zero-order valence-electron chi connectivity index (χ0n) is 7.59. The van der Waals surface area contributed by atoms with E-state index in [9.17, 15) is 4.79 Å². The molecule has 0 saturated heterocycles. The molecule has 0 aromatic heterocycles. The molecule has 0 heterocycles. The number of hydrogen-bond acceptors (Lipinski definition) is 3. The Balaban J connectivity index is 4.01. The Bertz CT molecular complexity index is 136. The number of Topliss-reactive ketones (excluding diaryl/α,β-unsaturated/α-hetero) is 1. The first-order chi connectivity index (χ1) is 4.95. The Labute approximate surface area is 68.3 Å². The SMILES string of the molecule is CB(O)NC(C(C)=O)C(C)C. The highest BCUT2D eigenvalue weighted by molar-refractivity contribution is 6.46. The van der Waals surface area contributed by atoms with E-state index in [1.165, 1.54) is 6.92 Å². The fraction of sp³-hybridized carbons (Fsp3) is 0.857. The first-order valence-corrected chi connectivity index (χ1v) is 3.89. The second-order valence-electron chi connectivity index (χ2n) is 3.17. The smallest absolute Gasteiger partial charge is 0.374 e. The van der Waals surface area contributed by atoms with Gasteiger partial charge in [0.15, 0.2) is 0 Å². The number of rotatable bonds is 4. The van der Waals surface area contributed by atoms with E-state index < -0.39 is 7.05 Å². The first-order valence-electron chi connectivity index (χ1n) is 3.89. The van der Waals surface area contributed by atoms with Crippen LogP contribution < -0.4 is 5.23 Å². The summed E-state index contributed by atoms with van der Waals surface area (Å²) >= 11 is 0. The highest BCUT2D eigenvalue weighted by atomic mass is 16.2. The molecule has 0 aliphatic carbocycles. The summed E-state index contributed by atoms with van der Waals surface area (Å²) in [5.74, 6) is 0.294. The predicted octanol–water partition coefficient (Wildman–Crippen LogP) is 0.300. The van der Waals surface area contributed by atoms with E-state index in [1.807, 2.05) is 13.8 Å². The minimum Gasteiger partial charge on any atom is -0.437 e. The van der Waals surface area contributed by atoms with Gasteiger partial charge in [-0.25, -0.2) is 0 Å². The van der Waals surface area contributed by atoms with Crippen molar-refractivity contribution in [2.24, 2.45) is 5.92 Å². The van der Waals surface area contributed by atoms with Crippen molar-refractivity contribution in [2.45, 2.75) is 33.6 Å². The third kappa shape index (κ3) is 4.16. The van der Waals surface area contributed by atoms with Crippen LogP contribution in [-0.2, 0) is 4.79 Å². The lowest BCUT2D eigenvalue weighted by atomic mass is 9.84. The second kappa shape index (κ2) is 4.52. The maximum atomic E-state index is 10.9. The third-order valence-corrected chi connectivity index (χ3v) is 1.53. The molecular weight excluding hydrogens is 141 g/mol. The fourth-order valence-corrected chi connectivity index (χ4v) is 1.04. The normalized spacial score (nSPS) is 13.3. The molecule has 0 aromatic rings. The lowest BCUT2D eigenvalue weighted by Crippen LogP contribution is -2.47. The Morgan fingerprint density at radius 2 is 2.00 bits per heavy atom. The molecule has 1 unspecified atom stereocenters. The molecule has 0 saturated carbocycles. The molecule has 64 valence electrons. The maximum absolute atomic E-state index is 10.9. The summed E-state index contributed by atoms with van der Waals surface area (Å²) in [6, 6.07) is -0.227. The van der Waals surface area contributed by atoms with Crippen LogP contribution in [0.15, 0.2) is 0 Å². The van der Waals surface area contributed by atoms with Gasteiger partial charge in [-0.15, -0.1) is 0 Å². The van der Waals surface area contributed by atoms with Crippen LogP contribution in [-0.4, -0.2) is 23.9 Å². The Morgan fingerprint density at radius 1 is 1.55 bits per heavy atom. The van der Waals surface area contributed by atoms with Gasteiger partial charge < -0.3 is 10.3 Å². The van der Waals surface area contributed by atoms with Crippen LogP contribution in [0.25, 0.3) is 0 Å². The molecule has 1 atom stereocenters. The van der Waals surface area contributed by atoms with E-state index >= 15 is 0 Å². The van der Waals surface area contributed by atoms with Crippen LogP contribution in [0.2, 0.25) is 6.82 Å². The van der Waals surface area contributed by atoms with E-state index in [4.69, 9.17) is 5.02 Å². The quantitative estimate of drug-likeness (QED) is 0.577. The second-order valence-corrected chi connectivity index (χ2v) is 3.17. The highest BCUT2D eigenvalue weighted by Gasteiger charge is 2.20. The maximum Gasteiger partial charge on any atom is 0.374 e. The average Bonchev–Trinajstić information content (AvgIpc) is 1.81. The molecule has 0 aliphatic rings. The molecule has 0 spiro atoms. The molecule has 0 aliphatic heterocycles. The summed E-state index contributed by atoms with van der Waals surface area (Å²) in [5.41, 5.74) is 0. The topological polar surface area (TPSA) is 49.3 Å². The van der Waals surface area contributed by atoms with Crippen molar-refractivity contribution < 1.29 is 9.82 Å². The fourth-order valence-electron chi connectivity index (χ4n) is 1.04. The number of ketones is 1. The Hall–Kier alpha value is -0.345. The summed E-state index contributed by atoms with van der Waals surface area (Å²) in [7, 11) is -0.619. The van der Waals surface area contributed by atoms with E-state index in [1.54, 1.807) is 6.82 Å². The van der Waals surface area contributed by atoms with E-state index in [0.717, 1.165) is 0 Å². The van der Waals surface area contributed by atoms with E-state index in [2.05, 4.69) is 5.23 Å². The molecule has 0 radical (unpaired) electrons. The molecule has 0 rings (SSSR count). The van der Waals surface area contributed by atoms with Crippen molar-refractivity contribution >= 4 is 12.8 Å². The van der Waals surface area contributed by atoms with Gasteiger partial charge in [0.1, 0.15) is 5.78 Å². The summed E-state index contributed by atoms with van der Waals surface area (Å²) < 4.78 is 0. The lowest BCUT2D eigenvalue weighted by molar-refractivity contribution is -0.119. The van der Waals surface area contributed by atoms with Gasteiger partial charge in [0.2, 0.25) is 0 Å². The van der Waals surface area contributed by atoms with E-state index in [-0.39, 0.29) is 17.7 Å². The number of nitrogens with one attached hydrogen (secondary N) is 1. The number of carbonyl (C=O) groups excluding carboxylic acids is 1. The van der Waals surface area contributed by atoms with Crippen LogP contribution in [0.1, 0.15) is 20.8 Å². The Morgan fingerprint density at radius 3 is 2.09 bits per heavy atom. The molecule has 4 heteroatoms. The third-order valence-electron chi connectivity index (χ3n) is 1.53. The summed E-state index contributed by atoms with van der Waals surface area (Å²) in [6.45, 7) is 7.03. The zero-order chi connectivity index (χ0) is 9.02. The van der Waals surface area contributed by atoms with Gasteiger partial charge in [0.25, 0.3) is 0 Å². The van der Waals surface area contributed by atoms with Gasteiger partial charge in [-0.05, 0) is 19.7 Å². The molecule has 0 bridgehead atoms. The minimum absolute atomic E-state index is 0.0703. The van der Waals surface area contributed by atoms with Gasteiger partial charge in [0, 0.05) is 0 Å². The highest BCUT2D eigenvalue weighted by Crippen LogP contribution is 2.02. The van der Waals surface area contributed by atoms with Crippen LogP contribution in [0.3, 0.4) is 0 Å². The van der Waals surface area contributed by atoms with Crippen molar-refractivity contribution in [2.75, 3.05) is 0 Å². The standard InChI is InChI=1S/C7H16BNO2/c1-5(2)7(6(3)10)9-8(4)11/h5,7,9,11H,1-4H3. The zero-order valence-corrected chi connectivity index (χ0v) is 7.59. The van der Waals surface area contributed by atoms with Gasteiger partial charge >= 0.3 is 7.05 Å². The molecule has 3 nitrogen and oxygen atoms in total. The first kappa shape index (κ1) is 10.7. The van der Waals surface area contributed by atoms with E-state index in [0.29, 0.717) is 0 Å². The summed E-state index contributed by atoms with van der Waals surface area (Å²) in [6.07, 6.45) is 0. The largest absolute Gasteiger partial charge is 0.437 e. The van der Waals surface area contributed by atoms with Crippen LogP contribution in [0.4, 0.5) is 0 Å². The van der Waals surface area contributed by atoms with Gasteiger partial charge in [-0.2, -0.15) is 0 Å². The van der Waals surface area contributed by atoms with Crippen molar-refractivity contribution in [1.29, 1.82) is 0 Å². The summed E-state index contributed by atoms with van der Waals surface area (Å²) in [5, 5.41) is 11.7. The molecule has 0 fully saturated rings. The number of hydrogen-bond donors (Lipinski definition) is 2. The van der Waals surface area contributed by atoms with Gasteiger partial charge in [-0.3, -0.25) is 4.79 Å². The van der Waals surface area contributed by atoms with Crippen LogP contribution in [0.5, 0.6) is 0 Å². The molecule has 0 amide bonds. The molecule has 11 heavy (non-hydrogen) atoms. The van der Waals surface area contributed by atoms with Crippen molar-refractivity contribution in [1.82, 2.24) is 5.23 Å². The summed E-state index contributed by atoms with van der Waals surface area (Å²) in [4.78, 5) is 10.9. The van der Waals surface area contributed by atoms with Crippen molar-refractivity contribution in [3.05, 3.63) is 0 Å². The molecule has 0 aromatic carbocycles. The molecular formula is C7H16BNO2. The lowest BCUT2D eigenvalue weighted by Gasteiger charge is -2.19.